The molecule has 2 aliphatic rings. The number of halogens is 1. The van der Waals surface area contributed by atoms with E-state index in [0.29, 0.717) is 11.1 Å². The third-order valence-corrected chi connectivity index (χ3v) is 5.23. The molecule has 1 aliphatic carbocycles. The van der Waals surface area contributed by atoms with Crippen LogP contribution < -0.4 is 5.32 Å². The molecule has 0 aromatic carbocycles. The van der Waals surface area contributed by atoms with Gasteiger partial charge in [-0.05, 0) is 43.6 Å². The summed E-state index contributed by atoms with van der Waals surface area (Å²) in [4.78, 5) is 9.03. The molecule has 1 saturated carbocycles. The highest BCUT2D eigenvalue weighted by atomic mass is 35.5. The average molecular weight is 284 g/mol. The number of rotatable bonds is 4. The van der Waals surface area contributed by atoms with E-state index in [9.17, 15) is 0 Å². The van der Waals surface area contributed by atoms with Crippen LogP contribution in [0, 0.1) is 12.8 Å². The van der Waals surface area contributed by atoms with Crippen molar-refractivity contribution >= 4 is 29.2 Å². The highest BCUT2D eigenvalue weighted by molar-refractivity contribution is 7.99. The van der Waals surface area contributed by atoms with Crippen LogP contribution in [0.15, 0.2) is 0 Å². The molecule has 1 aliphatic heterocycles. The average Bonchev–Trinajstić information content (AvgIpc) is 3.08. The zero-order valence-electron chi connectivity index (χ0n) is 10.6. The molecular formula is C13H18ClN3S. The van der Waals surface area contributed by atoms with Crippen molar-refractivity contribution in [3.63, 3.8) is 0 Å². The maximum Gasteiger partial charge on any atom is 0.137 e. The quantitative estimate of drug-likeness (QED) is 0.859. The van der Waals surface area contributed by atoms with E-state index in [1.165, 1.54) is 30.8 Å². The summed E-state index contributed by atoms with van der Waals surface area (Å²) in [7, 11) is 0. The van der Waals surface area contributed by atoms with Crippen LogP contribution in [0.4, 0.5) is 5.82 Å². The number of aromatic nitrogens is 2. The molecule has 18 heavy (non-hydrogen) atoms. The first-order valence-corrected chi connectivity index (χ1v) is 8.13. The van der Waals surface area contributed by atoms with Crippen LogP contribution in [-0.2, 0) is 0 Å². The second kappa shape index (κ2) is 5.25. The van der Waals surface area contributed by atoms with Gasteiger partial charge < -0.3 is 5.32 Å². The van der Waals surface area contributed by atoms with Crippen LogP contribution in [0.25, 0.3) is 0 Å². The molecule has 98 valence electrons. The highest BCUT2D eigenvalue weighted by Crippen LogP contribution is 2.39. The van der Waals surface area contributed by atoms with Crippen LogP contribution in [0.3, 0.4) is 0 Å². The lowest BCUT2D eigenvalue weighted by Crippen LogP contribution is -2.16. The van der Waals surface area contributed by atoms with E-state index in [4.69, 9.17) is 11.6 Å². The lowest BCUT2D eigenvalue weighted by atomic mass is 10.1. The molecule has 0 radical (unpaired) electrons. The zero-order valence-corrected chi connectivity index (χ0v) is 12.2. The molecule has 1 N–H and O–H groups in total. The van der Waals surface area contributed by atoms with Gasteiger partial charge in [-0.1, -0.05) is 11.6 Å². The molecule has 1 atom stereocenters. The number of thioether (sulfide) groups is 1. The van der Waals surface area contributed by atoms with Crippen molar-refractivity contribution in [3.05, 3.63) is 16.5 Å². The summed E-state index contributed by atoms with van der Waals surface area (Å²) in [5.74, 6) is 5.74. The van der Waals surface area contributed by atoms with Gasteiger partial charge in [0.2, 0.25) is 0 Å². The van der Waals surface area contributed by atoms with Crippen molar-refractivity contribution in [2.75, 3.05) is 23.4 Å². The van der Waals surface area contributed by atoms with Gasteiger partial charge in [-0.15, -0.1) is 0 Å². The fourth-order valence-corrected chi connectivity index (χ4v) is 3.65. The molecule has 0 amide bonds. The third kappa shape index (κ3) is 2.75. The Hall–Kier alpha value is -0.480. The first kappa shape index (κ1) is 12.5. The van der Waals surface area contributed by atoms with Crippen LogP contribution in [0.5, 0.6) is 0 Å². The number of nitrogens with one attached hydrogen (secondary N) is 1. The summed E-state index contributed by atoms with van der Waals surface area (Å²) >= 11 is 8.23. The standard InChI is InChI=1S/C13H18ClN3S/c1-8-11(14)16-13(10-2-3-10)17-12(8)15-6-9-4-5-18-7-9/h9-10H,2-7H2,1H3,(H,15,16,17). The van der Waals surface area contributed by atoms with Crippen molar-refractivity contribution < 1.29 is 0 Å². The minimum atomic E-state index is 0.547. The van der Waals surface area contributed by atoms with Crippen LogP contribution >= 0.6 is 23.4 Å². The predicted octanol–water partition coefficient (Wildman–Crippen LogP) is 3.48. The van der Waals surface area contributed by atoms with E-state index < -0.39 is 0 Å². The van der Waals surface area contributed by atoms with Gasteiger partial charge in [0.05, 0.1) is 0 Å². The molecule has 1 aromatic heterocycles. The van der Waals surface area contributed by atoms with Gasteiger partial charge in [0.15, 0.2) is 0 Å². The molecule has 3 rings (SSSR count). The largest absolute Gasteiger partial charge is 0.369 e. The van der Waals surface area contributed by atoms with Crippen LogP contribution in [-0.4, -0.2) is 28.0 Å². The summed E-state index contributed by atoms with van der Waals surface area (Å²) in [6, 6.07) is 0. The Morgan fingerprint density at radius 1 is 1.33 bits per heavy atom. The Labute approximate surface area is 117 Å². The molecule has 1 aromatic rings. The van der Waals surface area contributed by atoms with E-state index in [0.717, 1.165) is 29.7 Å². The number of hydrogen-bond acceptors (Lipinski definition) is 4. The summed E-state index contributed by atoms with van der Waals surface area (Å²) in [6.07, 6.45) is 3.72. The van der Waals surface area contributed by atoms with Gasteiger partial charge in [0, 0.05) is 18.0 Å². The van der Waals surface area contributed by atoms with Crippen molar-refractivity contribution in [2.24, 2.45) is 5.92 Å². The van der Waals surface area contributed by atoms with Gasteiger partial charge in [0.1, 0.15) is 16.8 Å². The zero-order chi connectivity index (χ0) is 12.5. The molecule has 2 fully saturated rings. The van der Waals surface area contributed by atoms with Gasteiger partial charge in [-0.2, -0.15) is 11.8 Å². The van der Waals surface area contributed by atoms with Crippen LogP contribution in [0.2, 0.25) is 5.15 Å². The number of hydrogen-bond donors (Lipinski definition) is 1. The summed E-state index contributed by atoms with van der Waals surface area (Å²) in [6.45, 7) is 3.00. The fourth-order valence-electron chi connectivity index (χ4n) is 2.19. The second-order valence-corrected chi connectivity index (χ2v) is 6.74. The Bertz CT molecular complexity index is 442. The Kier molecular flexibility index (Phi) is 3.66. The summed E-state index contributed by atoms with van der Waals surface area (Å²) in [5, 5.41) is 4.08. The molecule has 5 heteroatoms. The highest BCUT2D eigenvalue weighted by Gasteiger charge is 2.28. The van der Waals surface area contributed by atoms with E-state index >= 15 is 0 Å². The molecule has 1 saturated heterocycles. The first-order chi connectivity index (χ1) is 8.74. The predicted molar refractivity (Wildman–Crippen MR) is 77.7 cm³/mol. The number of nitrogens with zero attached hydrogens (tertiary/aromatic N) is 2. The maximum absolute atomic E-state index is 6.19. The minimum Gasteiger partial charge on any atom is -0.369 e. The summed E-state index contributed by atoms with van der Waals surface area (Å²) < 4.78 is 0. The smallest absolute Gasteiger partial charge is 0.137 e. The van der Waals surface area contributed by atoms with Crippen molar-refractivity contribution in [1.82, 2.24) is 9.97 Å². The normalized spacial score (nSPS) is 23.3. The SMILES string of the molecule is Cc1c(Cl)nc(C2CC2)nc1NCC1CCSC1. The molecule has 2 heterocycles. The van der Waals surface area contributed by atoms with Gasteiger partial charge in [-0.25, -0.2) is 9.97 Å². The van der Waals surface area contributed by atoms with Crippen molar-refractivity contribution in [2.45, 2.75) is 32.1 Å². The van der Waals surface area contributed by atoms with Gasteiger partial charge in [0.25, 0.3) is 0 Å². The molecule has 0 spiro atoms. The molecule has 1 unspecified atom stereocenters. The Morgan fingerprint density at radius 3 is 2.83 bits per heavy atom. The van der Waals surface area contributed by atoms with Crippen LogP contribution in [0.1, 0.15) is 36.6 Å². The molecular weight excluding hydrogens is 266 g/mol. The van der Waals surface area contributed by atoms with Gasteiger partial charge >= 0.3 is 0 Å². The van der Waals surface area contributed by atoms with Gasteiger partial charge in [-0.3, -0.25) is 0 Å². The lowest BCUT2D eigenvalue weighted by molar-refractivity contribution is 0.629. The van der Waals surface area contributed by atoms with E-state index in [2.05, 4.69) is 15.3 Å². The number of anilines is 1. The van der Waals surface area contributed by atoms with Crippen molar-refractivity contribution in [1.29, 1.82) is 0 Å². The molecule has 3 nitrogen and oxygen atoms in total. The topological polar surface area (TPSA) is 37.8 Å². The van der Waals surface area contributed by atoms with E-state index in [1.807, 2.05) is 18.7 Å². The minimum absolute atomic E-state index is 0.547. The van der Waals surface area contributed by atoms with E-state index in [-0.39, 0.29) is 0 Å². The first-order valence-electron chi connectivity index (χ1n) is 6.59. The maximum atomic E-state index is 6.19. The second-order valence-electron chi connectivity index (χ2n) is 5.23. The summed E-state index contributed by atoms with van der Waals surface area (Å²) in [5.41, 5.74) is 0.978. The van der Waals surface area contributed by atoms with E-state index in [1.54, 1.807) is 0 Å². The Morgan fingerprint density at radius 2 is 2.17 bits per heavy atom. The molecule has 0 bridgehead atoms. The lowest BCUT2D eigenvalue weighted by Gasteiger charge is -2.14. The fraction of sp³-hybridized carbons (Fsp3) is 0.692. The monoisotopic (exact) mass is 283 g/mol. The Balaban J connectivity index is 1.72. The third-order valence-electron chi connectivity index (χ3n) is 3.63. The van der Waals surface area contributed by atoms with Crippen molar-refractivity contribution in [3.8, 4) is 0 Å².